The lowest BCUT2D eigenvalue weighted by Crippen LogP contribution is -2.03. The number of nitrogens with zero attached hydrogens (tertiary/aromatic N) is 2. The van der Waals surface area contributed by atoms with Gasteiger partial charge in [-0.3, -0.25) is 0 Å². The highest BCUT2D eigenvalue weighted by Crippen LogP contribution is 2.38. The number of aromatic nitrogens is 2. The third-order valence-corrected chi connectivity index (χ3v) is 5.97. The summed E-state index contributed by atoms with van der Waals surface area (Å²) in [6.45, 7) is 0.307. The smallest absolute Gasteiger partial charge is 0.337 e. The van der Waals surface area contributed by atoms with Crippen LogP contribution in [-0.2, 0) is 11.3 Å². The number of carbonyl (C=O) groups is 1. The first-order valence-electron chi connectivity index (χ1n) is 11.0. The first-order valence-corrected chi connectivity index (χ1v) is 11.4. The molecule has 5 aromatic rings. The number of hydrogen-bond acceptors (Lipinski definition) is 5. The molecule has 0 spiro atoms. The van der Waals surface area contributed by atoms with Crippen LogP contribution in [0.2, 0.25) is 5.02 Å². The number of esters is 1. The normalized spacial score (nSPS) is 10.8. The van der Waals surface area contributed by atoms with Gasteiger partial charge in [-0.05, 0) is 41.5 Å². The molecule has 0 aliphatic heterocycles. The minimum absolute atomic E-state index is 0.307. The van der Waals surface area contributed by atoms with Crippen molar-refractivity contribution in [3.8, 4) is 28.1 Å². The molecule has 172 valence electrons. The maximum absolute atomic E-state index is 11.8. The van der Waals surface area contributed by atoms with Crippen molar-refractivity contribution >= 4 is 28.5 Å². The monoisotopic (exact) mass is 480 g/mol. The Morgan fingerprint density at radius 2 is 1.60 bits per heavy atom. The fourth-order valence-electron chi connectivity index (χ4n) is 4.00. The fraction of sp³-hybridized carbons (Fsp3) is 0.0690. The fourth-order valence-corrected chi connectivity index (χ4v) is 4.21. The number of rotatable bonds is 6. The van der Waals surface area contributed by atoms with Crippen molar-refractivity contribution in [1.82, 2.24) is 10.2 Å². The summed E-state index contributed by atoms with van der Waals surface area (Å²) >= 11 is 6.45. The average molecular weight is 481 g/mol. The van der Waals surface area contributed by atoms with Gasteiger partial charge in [0.25, 0.3) is 0 Å². The molecule has 0 fully saturated rings. The molecule has 0 saturated heterocycles. The van der Waals surface area contributed by atoms with Crippen molar-refractivity contribution in [1.29, 1.82) is 0 Å². The zero-order valence-corrected chi connectivity index (χ0v) is 19.7. The maximum Gasteiger partial charge on any atom is 0.337 e. The highest BCUT2D eigenvalue weighted by molar-refractivity contribution is 6.35. The highest BCUT2D eigenvalue weighted by Gasteiger charge is 2.16. The van der Waals surface area contributed by atoms with Crippen molar-refractivity contribution in [2.75, 3.05) is 7.11 Å². The van der Waals surface area contributed by atoms with Gasteiger partial charge in [0.05, 0.1) is 17.7 Å². The first-order chi connectivity index (χ1) is 17.1. The predicted octanol–water partition coefficient (Wildman–Crippen LogP) is 6.98. The van der Waals surface area contributed by atoms with Gasteiger partial charge in [-0.15, -0.1) is 10.2 Å². The van der Waals surface area contributed by atoms with Gasteiger partial charge >= 0.3 is 5.97 Å². The van der Waals surface area contributed by atoms with E-state index >= 15 is 0 Å². The van der Waals surface area contributed by atoms with Gasteiger partial charge in [0.1, 0.15) is 23.6 Å². The lowest BCUT2D eigenvalue weighted by atomic mass is 9.95. The number of halogens is 1. The van der Waals surface area contributed by atoms with Crippen LogP contribution in [0.1, 0.15) is 15.9 Å². The van der Waals surface area contributed by atoms with Gasteiger partial charge in [0.2, 0.25) is 0 Å². The van der Waals surface area contributed by atoms with Crippen molar-refractivity contribution < 1.29 is 14.3 Å². The molecule has 0 amide bonds. The second-order valence-corrected chi connectivity index (χ2v) is 8.34. The van der Waals surface area contributed by atoms with E-state index in [4.69, 9.17) is 21.1 Å². The number of fused-ring (bicyclic) bond motifs is 1. The van der Waals surface area contributed by atoms with Gasteiger partial charge in [0, 0.05) is 16.5 Å². The van der Waals surface area contributed by atoms with Gasteiger partial charge < -0.3 is 9.47 Å². The molecule has 1 heterocycles. The molecule has 35 heavy (non-hydrogen) atoms. The van der Waals surface area contributed by atoms with Crippen LogP contribution in [0.25, 0.3) is 33.3 Å². The Hall–Kier alpha value is -4.22. The Balaban J connectivity index is 1.54. The van der Waals surface area contributed by atoms with Crippen LogP contribution >= 0.6 is 11.6 Å². The molecule has 0 radical (unpaired) electrons. The molecular weight excluding hydrogens is 460 g/mol. The topological polar surface area (TPSA) is 61.3 Å². The Kier molecular flexibility index (Phi) is 6.42. The molecule has 4 aromatic carbocycles. The minimum atomic E-state index is -0.377. The van der Waals surface area contributed by atoms with E-state index in [1.165, 1.54) is 7.11 Å². The highest BCUT2D eigenvalue weighted by atomic mass is 35.5. The summed E-state index contributed by atoms with van der Waals surface area (Å²) in [6.07, 6.45) is 0. The predicted molar refractivity (Wildman–Crippen MR) is 138 cm³/mol. The van der Waals surface area contributed by atoms with E-state index in [-0.39, 0.29) is 5.97 Å². The number of carbonyl (C=O) groups excluding carboxylic acids is 1. The van der Waals surface area contributed by atoms with Gasteiger partial charge in [0.15, 0.2) is 0 Å². The minimum Gasteiger partial charge on any atom is -0.489 e. The van der Waals surface area contributed by atoms with Crippen LogP contribution in [-0.4, -0.2) is 23.3 Å². The second kappa shape index (κ2) is 9.95. The van der Waals surface area contributed by atoms with Gasteiger partial charge in [-0.25, -0.2) is 4.79 Å². The quantitative estimate of drug-likeness (QED) is 0.245. The Morgan fingerprint density at radius 1 is 0.829 bits per heavy atom. The molecule has 0 aliphatic carbocycles. The zero-order valence-electron chi connectivity index (χ0n) is 18.9. The summed E-state index contributed by atoms with van der Waals surface area (Å²) in [6, 6.07) is 30.7. The van der Waals surface area contributed by atoms with Crippen LogP contribution in [0, 0.1) is 0 Å². The van der Waals surface area contributed by atoms with Crippen molar-refractivity contribution in [3.63, 3.8) is 0 Å². The molecule has 5 rings (SSSR count). The molecule has 0 N–H and O–H groups in total. The second-order valence-electron chi connectivity index (χ2n) is 7.93. The van der Waals surface area contributed by atoms with Crippen LogP contribution in [0.4, 0.5) is 0 Å². The van der Waals surface area contributed by atoms with Crippen molar-refractivity contribution in [2.45, 2.75) is 6.61 Å². The zero-order chi connectivity index (χ0) is 24.2. The average Bonchev–Trinajstić information content (AvgIpc) is 2.92. The van der Waals surface area contributed by atoms with E-state index in [0.717, 1.165) is 33.3 Å². The number of benzene rings is 4. The largest absolute Gasteiger partial charge is 0.489 e. The Bertz CT molecular complexity index is 1520. The van der Waals surface area contributed by atoms with E-state index in [1.807, 2.05) is 84.9 Å². The third kappa shape index (κ3) is 4.72. The summed E-state index contributed by atoms with van der Waals surface area (Å²) in [7, 11) is 1.37. The molecule has 0 atom stereocenters. The number of ether oxygens (including phenoxy) is 2. The lowest BCUT2D eigenvalue weighted by Gasteiger charge is -2.14. The Morgan fingerprint density at radius 3 is 2.43 bits per heavy atom. The maximum atomic E-state index is 11.8. The molecule has 0 unspecified atom stereocenters. The summed E-state index contributed by atoms with van der Waals surface area (Å²) in [4.78, 5) is 11.8. The van der Waals surface area contributed by atoms with E-state index < -0.39 is 0 Å². The standard InChI is InChI=1S/C29H21ClN2O3/c1-34-29(33)22-12-5-8-19(16-22)18-35-23-13-6-11-21(17-23)26-24-14-7-15-25(30)28(24)32-31-27(26)20-9-3-2-4-10-20/h2-17H,18H2,1H3. The van der Waals surface area contributed by atoms with Crippen LogP contribution in [0.5, 0.6) is 5.75 Å². The van der Waals surface area contributed by atoms with Gasteiger partial charge in [-0.1, -0.05) is 78.3 Å². The molecule has 0 aliphatic rings. The van der Waals surface area contributed by atoms with Crippen LogP contribution < -0.4 is 4.74 Å². The SMILES string of the molecule is COC(=O)c1cccc(COc2cccc(-c3c(-c4ccccc4)nnc4c(Cl)cccc34)c2)c1. The Labute approximate surface area is 207 Å². The summed E-state index contributed by atoms with van der Waals surface area (Å²) in [5, 5.41) is 10.4. The van der Waals surface area contributed by atoms with E-state index in [1.54, 1.807) is 12.1 Å². The molecule has 0 bridgehead atoms. The van der Waals surface area contributed by atoms with Gasteiger partial charge in [-0.2, -0.15) is 0 Å². The molecule has 0 saturated carbocycles. The summed E-state index contributed by atoms with van der Waals surface area (Å²) < 4.78 is 10.9. The van der Waals surface area contributed by atoms with Crippen LogP contribution in [0.3, 0.4) is 0 Å². The number of methoxy groups -OCH3 is 1. The number of hydrogen-bond donors (Lipinski definition) is 0. The first kappa shape index (κ1) is 22.6. The molecular formula is C29H21ClN2O3. The summed E-state index contributed by atoms with van der Waals surface area (Å²) in [5.41, 5.74) is 5.60. The van der Waals surface area contributed by atoms with Crippen LogP contribution in [0.15, 0.2) is 97.1 Å². The van der Waals surface area contributed by atoms with E-state index in [0.29, 0.717) is 28.5 Å². The lowest BCUT2D eigenvalue weighted by molar-refractivity contribution is 0.0600. The molecule has 5 nitrogen and oxygen atoms in total. The third-order valence-electron chi connectivity index (χ3n) is 5.67. The van der Waals surface area contributed by atoms with Crippen molar-refractivity contribution in [3.05, 3.63) is 113 Å². The van der Waals surface area contributed by atoms with E-state index in [2.05, 4.69) is 10.2 Å². The molecule has 6 heteroatoms. The van der Waals surface area contributed by atoms with E-state index in [9.17, 15) is 4.79 Å². The summed E-state index contributed by atoms with van der Waals surface area (Å²) in [5.74, 6) is 0.315. The van der Waals surface area contributed by atoms with Crippen molar-refractivity contribution in [2.24, 2.45) is 0 Å². The molecule has 1 aromatic heterocycles.